The van der Waals surface area contributed by atoms with Crippen molar-refractivity contribution in [3.8, 4) is 0 Å². The number of nitrogens with one attached hydrogen (secondary N) is 2. The van der Waals surface area contributed by atoms with Gasteiger partial charge in [-0.05, 0) is 45.1 Å². The van der Waals surface area contributed by atoms with Crippen LogP contribution in [0.2, 0.25) is 0 Å². The van der Waals surface area contributed by atoms with E-state index in [1.807, 2.05) is 19.1 Å². The Morgan fingerprint density at radius 2 is 2.08 bits per heavy atom. The summed E-state index contributed by atoms with van der Waals surface area (Å²) in [5, 5.41) is 5.75. The maximum atomic E-state index is 12.3. The molecule has 1 saturated heterocycles. The first-order valence-electron chi connectivity index (χ1n) is 8.83. The van der Waals surface area contributed by atoms with Crippen molar-refractivity contribution in [3.63, 3.8) is 0 Å². The fourth-order valence-corrected chi connectivity index (χ4v) is 3.96. The van der Waals surface area contributed by atoms with E-state index in [9.17, 15) is 9.59 Å². The van der Waals surface area contributed by atoms with Crippen molar-refractivity contribution in [2.24, 2.45) is 0 Å². The van der Waals surface area contributed by atoms with Gasteiger partial charge in [-0.1, -0.05) is 0 Å². The summed E-state index contributed by atoms with van der Waals surface area (Å²) < 4.78 is 0. The van der Waals surface area contributed by atoms with Gasteiger partial charge in [-0.3, -0.25) is 9.59 Å². The first-order valence-corrected chi connectivity index (χ1v) is 9.71. The molecule has 1 aromatic carbocycles. The van der Waals surface area contributed by atoms with E-state index < -0.39 is 0 Å². The molecule has 2 N–H and O–H groups in total. The molecule has 0 aliphatic carbocycles. The molecule has 2 aliphatic rings. The van der Waals surface area contributed by atoms with E-state index in [4.69, 9.17) is 0 Å². The molecule has 1 fully saturated rings. The number of rotatable bonds is 5. The normalized spacial score (nSPS) is 21.5. The van der Waals surface area contributed by atoms with Crippen LogP contribution in [-0.4, -0.2) is 73.2 Å². The van der Waals surface area contributed by atoms with Crippen LogP contribution in [0.25, 0.3) is 0 Å². The Labute approximate surface area is 153 Å². The number of likely N-dealkylation sites (N-methyl/N-ethyl adjacent to an activating group) is 1. The fraction of sp³-hybridized carbons (Fsp3) is 0.556. The Morgan fingerprint density at radius 3 is 2.84 bits per heavy atom. The molecule has 6 nitrogen and oxygen atoms in total. The molecule has 2 amide bonds. The second-order valence-electron chi connectivity index (χ2n) is 6.71. The lowest BCUT2D eigenvalue weighted by molar-refractivity contribution is -0.115. The molecule has 0 spiro atoms. The maximum absolute atomic E-state index is 12.3. The Kier molecular flexibility index (Phi) is 5.98. The highest BCUT2D eigenvalue weighted by Gasteiger charge is 2.23. The van der Waals surface area contributed by atoms with Crippen LogP contribution in [0.3, 0.4) is 0 Å². The van der Waals surface area contributed by atoms with Gasteiger partial charge in [0.25, 0.3) is 5.91 Å². The van der Waals surface area contributed by atoms with Gasteiger partial charge in [0.05, 0.1) is 10.9 Å². The third kappa shape index (κ3) is 4.74. The summed E-state index contributed by atoms with van der Waals surface area (Å²) in [4.78, 5) is 29.9. The molecule has 25 heavy (non-hydrogen) atoms. The second-order valence-corrected chi connectivity index (χ2v) is 8.10. The minimum atomic E-state index is -0.0956. The summed E-state index contributed by atoms with van der Waals surface area (Å²) in [5.74, 6) is -0.0960. The highest BCUT2D eigenvalue weighted by molar-refractivity contribution is 8.00. The minimum Gasteiger partial charge on any atom is -0.352 e. The van der Waals surface area contributed by atoms with Gasteiger partial charge < -0.3 is 20.4 Å². The number of hydrogen-bond acceptors (Lipinski definition) is 5. The lowest BCUT2D eigenvalue weighted by Crippen LogP contribution is -2.45. The topological polar surface area (TPSA) is 64.7 Å². The molecular weight excluding hydrogens is 336 g/mol. The van der Waals surface area contributed by atoms with Gasteiger partial charge in [0, 0.05) is 43.2 Å². The highest BCUT2D eigenvalue weighted by Crippen LogP contribution is 2.35. The summed E-state index contributed by atoms with van der Waals surface area (Å²) in [6.07, 6.45) is 0.949. The first-order chi connectivity index (χ1) is 12.0. The number of benzene rings is 1. The van der Waals surface area contributed by atoms with E-state index in [0.717, 1.165) is 49.7 Å². The molecule has 3 rings (SSSR count). The molecule has 0 saturated carbocycles. The van der Waals surface area contributed by atoms with Crippen LogP contribution in [0.5, 0.6) is 0 Å². The van der Waals surface area contributed by atoms with Crippen LogP contribution >= 0.6 is 11.8 Å². The van der Waals surface area contributed by atoms with Crippen molar-refractivity contribution < 1.29 is 9.59 Å². The quantitative estimate of drug-likeness (QED) is 0.777. The molecule has 2 aliphatic heterocycles. The van der Waals surface area contributed by atoms with Crippen molar-refractivity contribution in [3.05, 3.63) is 23.8 Å². The number of carbonyl (C=O) groups is 2. The zero-order chi connectivity index (χ0) is 17.8. The molecule has 1 atom stereocenters. The Balaban J connectivity index is 1.46. The Hall–Kier alpha value is -1.57. The number of hydrogen-bond donors (Lipinski definition) is 2. The predicted molar refractivity (Wildman–Crippen MR) is 101 cm³/mol. The number of fused-ring (bicyclic) bond motifs is 1. The number of anilines is 1. The van der Waals surface area contributed by atoms with Gasteiger partial charge in [-0.25, -0.2) is 0 Å². The monoisotopic (exact) mass is 362 g/mol. The smallest absolute Gasteiger partial charge is 0.251 e. The summed E-state index contributed by atoms with van der Waals surface area (Å²) in [5.41, 5.74) is 1.33. The van der Waals surface area contributed by atoms with Crippen LogP contribution < -0.4 is 10.6 Å². The van der Waals surface area contributed by atoms with Crippen molar-refractivity contribution in [1.82, 2.24) is 15.1 Å². The zero-order valence-corrected chi connectivity index (χ0v) is 15.7. The minimum absolute atomic E-state index is 0.0118. The average Bonchev–Trinajstić information content (AvgIpc) is 2.60. The molecule has 0 radical (unpaired) electrons. The molecule has 1 unspecified atom stereocenters. The number of carbonyl (C=O) groups excluding carboxylic acids is 2. The van der Waals surface area contributed by atoms with Crippen molar-refractivity contribution >= 4 is 29.3 Å². The number of piperazine rings is 1. The van der Waals surface area contributed by atoms with Crippen LogP contribution in [0.15, 0.2) is 23.1 Å². The van der Waals surface area contributed by atoms with Crippen LogP contribution in [0.4, 0.5) is 5.69 Å². The number of thioether (sulfide) groups is 1. The molecule has 0 bridgehead atoms. The SMILES string of the molecule is CC1Sc2ccc(C(=O)NCCCN3CCN(C)CC3)cc2NC1=O. The molecule has 7 heteroatoms. The maximum Gasteiger partial charge on any atom is 0.251 e. The second kappa shape index (κ2) is 8.21. The third-order valence-corrected chi connectivity index (χ3v) is 5.88. The summed E-state index contributed by atoms with van der Waals surface area (Å²) in [6, 6.07) is 5.50. The molecule has 2 heterocycles. The van der Waals surface area contributed by atoms with Gasteiger partial charge in [0.15, 0.2) is 0 Å². The van der Waals surface area contributed by atoms with E-state index in [1.165, 1.54) is 11.8 Å². The van der Waals surface area contributed by atoms with Crippen molar-refractivity contribution in [2.75, 3.05) is 51.6 Å². The largest absolute Gasteiger partial charge is 0.352 e. The summed E-state index contributed by atoms with van der Waals surface area (Å²) in [6.45, 7) is 8.00. The van der Waals surface area contributed by atoms with Crippen LogP contribution in [0.1, 0.15) is 23.7 Å². The fourth-order valence-electron chi connectivity index (χ4n) is 3.03. The lowest BCUT2D eigenvalue weighted by atomic mass is 10.1. The predicted octanol–water partition coefficient (Wildman–Crippen LogP) is 1.49. The average molecular weight is 362 g/mol. The molecule has 0 aromatic heterocycles. The standard InChI is InChI=1S/C18H26N4O2S/c1-13-17(23)20-15-12-14(4-5-16(15)25-13)18(24)19-6-3-7-22-10-8-21(2)9-11-22/h4-5,12-13H,3,6-11H2,1-2H3,(H,19,24)(H,20,23). The van der Waals surface area contributed by atoms with Gasteiger partial charge >= 0.3 is 0 Å². The Bertz CT molecular complexity index is 644. The van der Waals surface area contributed by atoms with Gasteiger partial charge in [-0.2, -0.15) is 0 Å². The van der Waals surface area contributed by atoms with Gasteiger partial charge in [0.1, 0.15) is 0 Å². The van der Waals surface area contributed by atoms with E-state index in [2.05, 4.69) is 27.5 Å². The number of amides is 2. The molecular formula is C18H26N4O2S. The summed E-state index contributed by atoms with van der Waals surface area (Å²) in [7, 11) is 2.15. The van der Waals surface area contributed by atoms with E-state index in [1.54, 1.807) is 6.07 Å². The Morgan fingerprint density at radius 1 is 1.32 bits per heavy atom. The molecule has 1 aromatic rings. The lowest BCUT2D eigenvalue weighted by Gasteiger charge is -2.32. The van der Waals surface area contributed by atoms with Crippen LogP contribution in [-0.2, 0) is 4.79 Å². The van der Waals surface area contributed by atoms with E-state index in [0.29, 0.717) is 12.1 Å². The number of nitrogens with zero attached hydrogens (tertiary/aromatic N) is 2. The van der Waals surface area contributed by atoms with Crippen LogP contribution in [0, 0.1) is 0 Å². The van der Waals surface area contributed by atoms with E-state index >= 15 is 0 Å². The highest BCUT2D eigenvalue weighted by atomic mass is 32.2. The zero-order valence-electron chi connectivity index (χ0n) is 14.9. The van der Waals surface area contributed by atoms with Gasteiger partial charge in [0.2, 0.25) is 5.91 Å². The molecule has 136 valence electrons. The first kappa shape index (κ1) is 18.2. The van der Waals surface area contributed by atoms with E-state index in [-0.39, 0.29) is 17.1 Å². The third-order valence-electron chi connectivity index (χ3n) is 4.71. The van der Waals surface area contributed by atoms with Gasteiger partial charge in [-0.15, -0.1) is 11.8 Å². The van der Waals surface area contributed by atoms with Crippen molar-refractivity contribution in [1.29, 1.82) is 0 Å². The summed E-state index contributed by atoms with van der Waals surface area (Å²) >= 11 is 1.53. The van der Waals surface area contributed by atoms with Crippen molar-refractivity contribution in [2.45, 2.75) is 23.5 Å².